The van der Waals surface area contributed by atoms with Crippen LogP contribution in [0, 0.1) is 0 Å². The summed E-state index contributed by atoms with van der Waals surface area (Å²) in [6.45, 7) is 3.71. The highest BCUT2D eigenvalue weighted by Gasteiger charge is 2.52. The van der Waals surface area contributed by atoms with Crippen molar-refractivity contribution in [3.63, 3.8) is 0 Å². The highest BCUT2D eigenvalue weighted by molar-refractivity contribution is 5.75. The van der Waals surface area contributed by atoms with Crippen LogP contribution in [0.15, 0.2) is 0 Å². The summed E-state index contributed by atoms with van der Waals surface area (Å²) in [6.07, 6.45) is -12.5. The summed E-state index contributed by atoms with van der Waals surface area (Å²) in [5, 5.41) is 54.7. The monoisotopic (exact) mass is 422 g/mol. The molecule has 2 heterocycles. The highest BCUT2D eigenvalue weighted by Crippen LogP contribution is 2.28. The minimum Gasteiger partial charge on any atom is -0.479 e. The molecular formula is C16H26N2O11. The summed E-state index contributed by atoms with van der Waals surface area (Å²) in [6, 6.07) is -2.67. The molecule has 7 N–H and O–H groups in total. The van der Waals surface area contributed by atoms with Crippen LogP contribution in [-0.2, 0) is 28.6 Å². The van der Waals surface area contributed by atoms with Crippen molar-refractivity contribution in [2.75, 3.05) is 0 Å². The third-order valence-electron chi connectivity index (χ3n) is 4.71. The summed E-state index contributed by atoms with van der Waals surface area (Å²) in [4.78, 5) is 34.3. The molecule has 13 heteroatoms. The Morgan fingerprint density at radius 1 is 0.862 bits per heavy atom. The molecule has 0 aliphatic carbocycles. The molecule has 2 rings (SSSR count). The molecule has 0 aromatic carbocycles. The van der Waals surface area contributed by atoms with Crippen LogP contribution in [0.25, 0.3) is 0 Å². The summed E-state index contributed by atoms with van der Waals surface area (Å²) in [5.41, 5.74) is 0. The first-order chi connectivity index (χ1) is 13.4. The van der Waals surface area contributed by atoms with Gasteiger partial charge in [-0.15, -0.1) is 0 Å². The van der Waals surface area contributed by atoms with Crippen molar-refractivity contribution in [2.24, 2.45) is 0 Å². The average molecular weight is 422 g/mol. The van der Waals surface area contributed by atoms with Crippen LogP contribution in [0.2, 0.25) is 0 Å². The molecule has 13 nitrogen and oxygen atoms in total. The number of carbonyl (C=O) groups is 3. The van der Waals surface area contributed by atoms with Gasteiger partial charge in [-0.1, -0.05) is 0 Å². The third-order valence-corrected chi connectivity index (χ3v) is 4.71. The van der Waals surface area contributed by atoms with E-state index >= 15 is 0 Å². The summed E-state index contributed by atoms with van der Waals surface area (Å²) in [7, 11) is 0. The SMILES string of the molecule is CC(=O)N[C@H]1[C@@H](O[C@H]2[C@H](O)[C@@H](C)OC(O)[C@@H]2NC(C)=O)O[C@H](C(=O)O)[C@H](O)[C@@H]1O. The maximum absolute atomic E-state index is 11.5. The number of nitrogens with one attached hydrogen (secondary N) is 2. The van der Waals surface area contributed by atoms with Crippen LogP contribution < -0.4 is 10.6 Å². The van der Waals surface area contributed by atoms with Gasteiger partial charge in [0, 0.05) is 13.8 Å². The molecule has 2 aliphatic rings. The number of amides is 2. The number of carbonyl (C=O) groups excluding carboxylic acids is 2. The molecule has 0 bridgehead atoms. The van der Waals surface area contributed by atoms with Gasteiger partial charge >= 0.3 is 5.97 Å². The highest BCUT2D eigenvalue weighted by atomic mass is 16.7. The molecule has 2 fully saturated rings. The zero-order valence-corrected chi connectivity index (χ0v) is 16.0. The number of aliphatic hydroxyl groups is 4. The lowest BCUT2D eigenvalue weighted by molar-refractivity contribution is -0.315. The number of rotatable bonds is 5. The minimum atomic E-state index is -1.89. The molecule has 0 spiro atoms. The fourth-order valence-electron chi connectivity index (χ4n) is 3.31. The zero-order chi connectivity index (χ0) is 22.0. The van der Waals surface area contributed by atoms with Crippen molar-refractivity contribution in [1.29, 1.82) is 0 Å². The Balaban J connectivity index is 2.33. The van der Waals surface area contributed by atoms with E-state index < -0.39 is 79.1 Å². The van der Waals surface area contributed by atoms with E-state index in [-0.39, 0.29) is 0 Å². The van der Waals surface area contributed by atoms with Gasteiger partial charge in [-0.25, -0.2) is 4.79 Å². The fourth-order valence-corrected chi connectivity index (χ4v) is 3.31. The fraction of sp³-hybridized carbons (Fsp3) is 0.812. The molecule has 2 aliphatic heterocycles. The van der Waals surface area contributed by atoms with Crippen LogP contribution in [0.5, 0.6) is 0 Å². The van der Waals surface area contributed by atoms with E-state index in [9.17, 15) is 39.9 Å². The van der Waals surface area contributed by atoms with E-state index in [2.05, 4.69) is 10.6 Å². The first-order valence-electron chi connectivity index (χ1n) is 8.89. The Morgan fingerprint density at radius 2 is 1.41 bits per heavy atom. The van der Waals surface area contributed by atoms with Gasteiger partial charge in [0.25, 0.3) is 0 Å². The smallest absolute Gasteiger partial charge is 0.335 e. The molecule has 29 heavy (non-hydrogen) atoms. The summed E-state index contributed by atoms with van der Waals surface area (Å²) in [5.74, 6) is -2.80. The molecule has 1 unspecified atom stereocenters. The van der Waals surface area contributed by atoms with Gasteiger partial charge < -0.3 is 50.4 Å². The van der Waals surface area contributed by atoms with Crippen molar-refractivity contribution in [2.45, 2.75) is 82.1 Å². The predicted molar refractivity (Wildman–Crippen MR) is 91.0 cm³/mol. The van der Waals surface area contributed by atoms with Crippen molar-refractivity contribution >= 4 is 17.8 Å². The molecule has 0 aromatic heterocycles. The molecule has 2 saturated heterocycles. The number of carboxylic acids is 1. The second kappa shape index (κ2) is 9.30. The van der Waals surface area contributed by atoms with Gasteiger partial charge in [0.1, 0.15) is 36.5 Å². The van der Waals surface area contributed by atoms with Crippen LogP contribution in [0.1, 0.15) is 20.8 Å². The minimum absolute atomic E-state index is 0.574. The molecular weight excluding hydrogens is 396 g/mol. The Bertz CT molecular complexity index is 632. The molecule has 0 aromatic rings. The number of aliphatic hydroxyl groups excluding tert-OH is 4. The average Bonchev–Trinajstić information content (AvgIpc) is 2.60. The maximum atomic E-state index is 11.5. The van der Waals surface area contributed by atoms with Crippen LogP contribution in [0.3, 0.4) is 0 Å². The van der Waals surface area contributed by atoms with Gasteiger partial charge in [0.2, 0.25) is 11.8 Å². The van der Waals surface area contributed by atoms with Crippen molar-refractivity contribution < 1.29 is 54.1 Å². The van der Waals surface area contributed by atoms with E-state index in [1.165, 1.54) is 6.92 Å². The van der Waals surface area contributed by atoms with Gasteiger partial charge in [-0.3, -0.25) is 9.59 Å². The maximum Gasteiger partial charge on any atom is 0.335 e. The molecule has 0 radical (unpaired) electrons. The second-order valence-corrected chi connectivity index (χ2v) is 7.02. The molecule has 2 amide bonds. The number of carboxylic acid groups (broad SMARTS) is 1. The quantitative estimate of drug-likeness (QED) is 0.227. The zero-order valence-electron chi connectivity index (χ0n) is 16.0. The summed E-state index contributed by atoms with van der Waals surface area (Å²) >= 11 is 0. The Kier molecular flexibility index (Phi) is 7.50. The summed E-state index contributed by atoms with van der Waals surface area (Å²) < 4.78 is 16.0. The number of hydrogen-bond acceptors (Lipinski definition) is 10. The first-order valence-corrected chi connectivity index (χ1v) is 8.89. The lowest BCUT2D eigenvalue weighted by Crippen LogP contribution is -2.69. The molecule has 166 valence electrons. The number of ether oxygens (including phenoxy) is 3. The first kappa shape index (κ1) is 23.4. The molecule has 0 saturated carbocycles. The Hall–Kier alpha value is -1.87. The standard InChI is InChI=1S/C16H26N2O11/c1-4-9(21)12(8(15(26)27-4)18-6(3)20)28-16-7(17-5(2)19)10(22)11(23)13(29-16)14(24)25/h4,7-13,15-16,21-23,26H,1-3H3,(H,17,19)(H,18,20)(H,24,25)/t4-,7-,8-,9-,10-,11-,12-,13+,15?,16+/m1/s1. The van der Waals surface area contributed by atoms with Crippen molar-refractivity contribution in [1.82, 2.24) is 10.6 Å². The lowest BCUT2D eigenvalue weighted by Gasteiger charge is -2.46. The second-order valence-electron chi connectivity index (χ2n) is 7.02. The topological polar surface area (TPSA) is 204 Å². The van der Waals surface area contributed by atoms with Crippen LogP contribution >= 0.6 is 0 Å². The number of aliphatic carboxylic acids is 1. The van der Waals surface area contributed by atoms with Crippen LogP contribution in [-0.4, -0.2) is 105 Å². The number of hydrogen-bond donors (Lipinski definition) is 7. The van der Waals surface area contributed by atoms with E-state index in [1.807, 2.05) is 0 Å². The van der Waals surface area contributed by atoms with E-state index in [1.54, 1.807) is 0 Å². The van der Waals surface area contributed by atoms with Gasteiger partial charge in [0.05, 0.1) is 6.10 Å². The van der Waals surface area contributed by atoms with Gasteiger partial charge in [-0.2, -0.15) is 0 Å². The largest absolute Gasteiger partial charge is 0.479 e. The predicted octanol–water partition coefficient (Wildman–Crippen LogP) is -3.99. The van der Waals surface area contributed by atoms with E-state index in [4.69, 9.17) is 14.2 Å². The normalized spacial score (nSPS) is 42.7. The van der Waals surface area contributed by atoms with Crippen molar-refractivity contribution in [3.05, 3.63) is 0 Å². The Labute approximate surface area is 165 Å². The van der Waals surface area contributed by atoms with E-state index in [0.29, 0.717) is 0 Å². The van der Waals surface area contributed by atoms with Gasteiger partial charge in [-0.05, 0) is 6.92 Å². The Morgan fingerprint density at radius 3 is 1.93 bits per heavy atom. The van der Waals surface area contributed by atoms with Crippen LogP contribution in [0.4, 0.5) is 0 Å². The molecule has 10 atom stereocenters. The van der Waals surface area contributed by atoms with Gasteiger partial charge in [0.15, 0.2) is 18.7 Å². The lowest BCUT2D eigenvalue weighted by atomic mass is 9.94. The third kappa shape index (κ3) is 5.19. The van der Waals surface area contributed by atoms with E-state index in [0.717, 1.165) is 13.8 Å². The van der Waals surface area contributed by atoms with Crippen molar-refractivity contribution in [3.8, 4) is 0 Å².